The van der Waals surface area contributed by atoms with Crippen LogP contribution in [-0.4, -0.2) is 53.5 Å². The van der Waals surface area contributed by atoms with Gasteiger partial charge in [0.15, 0.2) is 5.54 Å². The van der Waals surface area contributed by atoms with Gasteiger partial charge in [0, 0.05) is 30.6 Å². The van der Waals surface area contributed by atoms with Crippen molar-refractivity contribution >= 4 is 34.4 Å². The maximum absolute atomic E-state index is 13.9. The molecule has 174 valence electrons. The number of fused-ring (bicyclic) bond motifs is 5. The molecular formula is C26H26N4O4. The Hall–Kier alpha value is -3.65. The highest BCUT2D eigenvalue weighted by molar-refractivity contribution is 6.25. The first kappa shape index (κ1) is 20.9. The third-order valence-electron chi connectivity index (χ3n) is 7.37. The molecule has 2 fully saturated rings. The number of amides is 4. The van der Waals surface area contributed by atoms with Gasteiger partial charge in [0.25, 0.3) is 11.8 Å². The largest absolute Gasteiger partial charge is 0.376 e. The Labute approximate surface area is 196 Å². The highest BCUT2D eigenvalue weighted by Crippen LogP contribution is 2.45. The molecule has 4 amide bonds. The maximum Gasteiger partial charge on any atom is 0.332 e. The first-order valence-corrected chi connectivity index (χ1v) is 11.7. The number of hydrogen-bond acceptors (Lipinski definition) is 4. The first-order chi connectivity index (χ1) is 16.5. The number of H-pyrrole nitrogens is 1. The van der Waals surface area contributed by atoms with Crippen molar-refractivity contribution in [2.24, 2.45) is 0 Å². The number of aromatic nitrogens is 1. The Morgan fingerprint density at radius 2 is 1.97 bits per heavy atom. The van der Waals surface area contributed by atoms with Crippen LogP contribution in [0, 0.1) is 0 Å². The molecule has 2 aromatic carbocycles. The van der Waals surface area contributed by atoms with Gasteiger partial charge in [0.2, 0.25) is 0 Å². The lowest BCUT2D eigenvalue weighted by molar-refractivity contribution is -0.125. The normalized spacial score (nSPS) is 24.0. The molecule has 3 aliphatic rings. The van der Waals surface area contributed by atoms with Crippen LogP contribution in [0.3, 0.4) is 0 Å². The lowest BCUT2D eigenvalue weighted by Gasteiger charge is -2.35. The van der Waals surface area contributed by atoms with Crippen LogP contribution >= 0.6 is 0 Å². The van der Waals surface area contributed by atoms with Crippen LogP contribution in [0.4, 0.5) is 10.5 Å². The second-order valence-electron chi connectivity index (χ2n) is 9.28. The van der Waals surface area contributed by atoms with Crippen molar-refractivity contribution in [1.82, 2.24) is 15.2 Å². The fourth-order valence-corrected chi connectivity index (χ4v) is 5.57. The van der Waals surface area contributed by atoms with E-state index >= 15 is 0 Å². The van der Waals surface area contributed by atoms with Crippen molar-refractivity contribution in [2.45, 2.75) is 37.8 Å². The maximum atomic E-state index is 13.9. The van der Waals surface area contributed by atoms with Gasteiger partial charge in [-0.15, -0.1) is 0 Å². The number of rotatable bonds is 4. The van der Waals surface area contributed by atoms with Gasteiger partial charge in [-0.2, -0.15) is 0 Å². The summed E-state index contributed by atoms with van der Waals surface area (Å²) in [6.07, 6.45) is 2.55. The summed E-state index contributed by atoms with van der Waals surface area (Å²) in [6, 6.07) is 14.3. The zero-order valence-electron chi connectivity index (χ0n) is 19.0. The summed E-state index contributed by atoms with van der Waals surface area (Å²) in [5.74, 6) is -0.683. The molecule has 3 aliphatic heterocycles. The molecular weight excluding hydrogens is 432 g/mol. The lowest BCUT2D eigenvalue weighted by Crippen LogP contribution is -2.49. The van der Waals surface area contributed by atoms with Gasteiger partial charge in [0.05, 0.1) is 23.0 Å². The molecule has 0 aliphatic carbocycles. The SMILES string of the molecule is C[C@]12C(=O)N(c3ccccc3C(=O)NC[C@H]3CCCO3)C(=O)N1CCc1c2[nH]c2ccccc12. The predicted molar refractivity (Wildman–Crippen MR) is 127 cm³/mol. The Morgan fingerprint density at radius 3 is 2.79 bits per heavy atom. The molecule has 4 heterocycles. The van der Waals surface area contributed by atoms with Crippen molar-refractivity contribution in [2.75, 3.05) is 24.6 Å². The van der Waals surface area contributed by atoms with E-state index in [1.165, 1.54) is 4.90 Å². The number of nitrogens with one attached hydrogen (secondary N) is 2. The minimum Gasteiger partial charge on any atom is -0.376 e. The van der Waals surface area contributed by atoms with Gasteiger partial charge in [-0.1, -0.05) is 30.3 Å². The zero-order valence-corrected chi connectivity index (χ0v) is 19.0. The minimum absolute atomic E-state index is 0.000476. The number of para-hydroxylation sites is 2. The first-order valence-electron chi connectivity index (χ1n) is 11.7. The number of benzene rings is 2. The number of ether oxygens (including phenoxy) is 1. The van der Waals surface area contributed by atoms with E-state index < -0.39 is 11.6 Å². The minimum atomic E-state index is -1.16. The number of urea groups is 1. The molecule has 3 aromatic rings. The number of nitrogens with zero attached hydrogens (tertiary/aromatic N) is 2. The summed E-state index contributed by atoms with van der Waals surface area (Å²) >= 11 is 0. The highest BCUT2D eigenvalue weighted by Gasteiger charge is 2.59. The molecule has 1 aromatic heterocycles. The number of anilines is 1. The lowest BCUT2D eigenvalue weighted by atomic mass is 9.87. The monoisotopic (exact) mass is 458 g/mol. The molecule has 0 spiro atoms. The van der Waals surface area contributed by atoms with Crippen LogP contribution < -0.4 is 10.2 Å². The van der Waals surface area contributed by atoms with E-state index in [1.54, 1.807) is 36.1 Å². The molecule has 34 heavy (non-hydrogen) atoms. The molecule has 8 heteroatoms. The van der Waals surface area contributed by atoms with Crippen LogP contribution in [0.5, 0.6) is 0 Å². The summed E-state index contributed by atoms with van der Waals surface area (Å²) in [5, 5.41) is 3.98. The van der Waals surface area contributed by atoms with Crippen molar-refractivity contribution in [3.05, 3.63) is 65.4 Å². The summed E-state index contributed by atoms with van der Waals surface area (Å²) in [5.41, 5.74) is 2.20. The molecule has 0 saturated carbocycles. The number of carbonyl (C=O) groups is 3. The van der Waals surface area contributed by atoms with E-state index in [9.17, 15) is 14.4 Å². The summed E-state index contributed by atoms with van der Waals surface area (Å²) in [4.78, 5) is 46.8. The van der Waals surface area contributed by atoms with E-state index in [0.29, 0.717) is 37.4 Å². The van der Waals surface area contributed by atoms with Crippen LogP contribution in [-0.2, 0) is 21.5 Å². The summed E-state index contributed by atoms with van der Waals surface area (Å²) in [7, 11) is 0. The Morgan fingerprint density at radius 1 is 1.18 bits per heavy atom. The smallest absolute Gasteiger partial charge is 0.332 e. The van der Waals surface area contributed by atoms with Crippen LogP contribution in [0.1, 0.15) is 41.4 Å². The Bertz CT molecular complexity index is 1330. The fourth-order valence-electron chi connectivity index (χ4n) is 5.57. The Kier molecular flexibility index (Phi) is 4.74. The van der Waals surface area contributed by atoms with Gasteiger partial charge < -0.3 is 19.9 Å². The average Bonchev–Trinajstić information content (AvgIpc) is 3.55. The molecule has 2 N–H and O–H groups in total. The quantitative estimate of drug-likeness (QED) is 0.587. The standard InChI is InChI=1S/C26H26N4O4/c1-26-22-18(17-8-2-4-10-20(17)28-22)12-13-29(26)25(33)30(24(26)32)21-11-5-3-9-19(21)23(31)27-15-16-7-6-14-34-16/h2-5,8-11,16,28H,6-7,12-15H2,1H3,(H,27,31)/t16-,26+/m1/s1. The summed E-state index contributed by atoms with van der Waals surface area (Å²) < 4.78 is 5.60. The van der Waals surface area contributed by atoms with E-state index in [-0.39, 0.29) is 17.9 Å². The molecule has 8 nitrogen and oxygen atoms in total. The number of aromatic amines is 1. The zero-order chi connectivity index (χ0) is 23.4. The average molecular weight is 459 g/mol. The van der Waals surface area contributed by atoms with Crippen molar-refractivity contribution < 1.29 is 19.1 Å². The van der Waals surface area contributed by atoms with E-state index in [2.05, 4.69) is 10.3 Å². The molecule has 0 radical (unpaired) electrons. The van der Waals surface area contributed by atoms with Crippen LogP contribution in [0.25, 0.3) is 10.9 Å². The Balaban J connectivity index is 1.37. The van der Waals surface area contributed by atoms with Crippen molar-refractivity contribution in [3.63, 3.8) is 0 Å². The van der Waals surface area contributed by atoms with Crippen molar-refractivity contribution in [1.29, 1.82) is 0 Å². The number of hydrogen-bond donors (Lipinski definition) is 2. The molecule has 6 rings (SSSR count). The van der Waals surface area contributed by atoms with Gasteiger partial charge in [-0.05, 0) is 49.9 Å². The van der Waals surface area contributed by atoms with E-state index in [4.69, 9.17) is 4.74 Å². The van der Waals surface area contributed by atoms with E-state index in [0.717, 1.165) is 35.0 Å². The molecule has 0 unspecified atom stereocenters. The predicted octanol–water partition coefficient (Wildman–Crippen LogP) is 3.32. The molecule has 2 atom stereocenters. The van der Waals surface area contributed by atoms with Crippen LogP contribution in [0.2, 0.25) is 0 Å². The highest BCUT2D eigenvalue weighted by atomic mass is 16.5. The third kappa shape index (κ3) is 2.91. The van der Waals surface area contributed by atoms with Gasteiger partial charge in [-0.3, -0.25) is 9.59 Å². The van der Waals surface area contributed by atoms with E-state index in [1.807, 2.05) is 24.3 Å². The second kappa shape index (κ2) is 7.70. The van der Waals surface area contributed by atoms with Gasteiger partial charge >= 0.3 is 6.03 Å². The van der Waals surface area contributed by atoms with Gasteiger partial charge in [0.1, 0.15) is 0 Å². The van der Waals surface area contributed by atoms with Crippen molar-refractivity contribution in [3.8, 4) is 0 Å². The second-order valence-corrected chi connectivity index (χ2v) is 9.28. The third-order valence-corrected chi connectivity index (χ3v) is 7.37. The van der Waals surface area contributed by atoms with Gasteiger partial charge in [-0.25, -0.2) is 9.69 Å². The summed E-state index contributed by atoms with van der Waals surface area (Å²) in [6.45, 7) is 3.33. The molecule has 2 saturated heterocycles. The fraction of sp³-hybridized carbons (Fsp3) is 0.346. The van der Waals surface area contributed by atoms with Crippen LogP contribution in [0.15, 0.2) is 48.5 Å². The molecule has 0 bridgehead atoms. The number of imide groups is 1. The number of carbonyl (C=O) groups excluding carboxylic acids is 3. The topological polar surface area (TPSA) is 94.7 Å².